The Labute approximate surface area is 115 Å². The molecule has 5 nitrogen and oxygen atoms in total. The number of nitrogens with one attached hydrogen (secondary N) is 2. The molecule has 1 amide bonds. The first-order valence-corrected chi connectivity index (χ1v) is 7.28. The van der Waals surface area contributed by atoms with Crippen molar-refractivity contribution in [2.75, 3.05) is 11.9 Å². The van der Waals surface area contributed by atoms with E-state index < -0.39 is 0 Å². The van der Waals surface area contributed by atoms with Gasteiger partial charge in [0.25, 0.3) is 0 Å². The lowest BCUT2D eigenvalue weighted by molar-refractivity contribution is -0.120. The summed E-state index contributed by atoms with van der Waals surface area (Å²) in [5.41, 5.74) is 0. The van der Waals surface area contributed by atoms with Crippen LogP contribution in [0.5, 0.6) is 0 Å². The van der Waals surface area contributed by atoms with Gasteiger partial charge in [-0.15, -0.1) is 11.3 Å². The minimum absolute atomic E-state index is 0.113. The van der Waals surface area contributed by atoms with Crippen LogP contribution in [0.25, 0.3) is 10.2 Å². The van der Waals surface area contributed by atoms with Gasteiger partial charge in [0.2, 0.25) is 5.91 Å². The van der Waals surface area contributed by atoms with Crippen LogP contribution in [0.3, 0.4) is 0 Å². The Morgan fingerprint density at radius 1 is 1.47 bits per heavy atom. The average Bonchev–Trinajstić information content (AvgIpc) is 3.08. The SMILES string of the molecule is Cc1cc2c(NCCC(=O)NC3CC3)ncnc2s1. The van der Waals surface area contributed by atoms with Crippen molar-refractivity contribution in [1.82, 2.24) is 15.3 Å². The van der Waals surface area contributed by atoms with Crippen molar-refractivity contribution in [3.63, 3.8) is 0 Å². The molecule has 2 N–H and O–H groups in total. The van der Waals surface area contributed by atoms with Crippen molar-refractivity contribution >= 4 is 33.3 Å². The summed E-state index contributed by atoms with van der Waals surface area (Å²) in [6.45, 7) is 2.65. The van der Waals surface area contributed by atoms with Gasteiger partial charge in [-0.1, -0.05) is 0 Å². The standard InChI is InChI=1S/C13H16N4OS/c1-8-6-10-12(15-7-16-13(10)19-8)14-5-4-11(18)17-9-2-3-9/h6-7,9H,2-5H2,1H3,(H,17,18)(H,14,15,16). The smallest absolute Gasteiger partial charge is 0.221 e. The van der Waals surface area contributed by atoms with Crippen LogP contribution < -0.4 is 10.6 Å². The van der Waals surface area contributed by atoms with E-state index in [1.165, 1.54) is 4.88 Å². The Bertz CT molecular complexity index is 606. The summed E-state index contributed by atoms with van der Waals surface area (Å²) in [6.07, 6.45) is 4.29. The van der Waals surface area contributed by atoms with Crippen molar-refractivity contribution in [3.05, 3.63) is 17.3 Å². The molecule has 0 unspecified atom stereocenters. The summed E-state index contributed by atoms with van der Waals surface area (Å²) < 4.78 is 0. The quantitative estimate of drug-likeness (QED) is 0.877. The van der Waals surface area contributed by atoms with Gasteiger partial charge in [0, 0.05) is 23.9 Å². The first kappa shape index (κ1) is 12.3. The lowest BCUT2D eigenvalue weighted by Crippen LogP contribution is -2.27. The molecular weight excluding hydrogens is 260 g/mol. The average molecular weight is 276 g/mol. The lowest BCUT2D eigenvalue weighted by atomic mass is 10.3. The second-order valence-corrected chi connectivity index (χ2v) is 6.05. The normalized spacial score (nSPS) is 14.6. The van der Waals surface area contributed by atoms with Gasteiger partial charge in [-0.05, 0) is 25.8 Å². The van der Waals surface area contributed by atoms with E-state index in [1.54, 1.807) is 17.7 Å². The van der Waals surface area contributed by atoms with Crippen LogP contribution in [0.15, 0.2) is 12.4 Å². The third kappa shape index (κ3) is 3.01. The van der Waals surface area contributed by atoms with Crippen LogP contribution in [-0.2, 0) is 4.79 Å². The van der Waals surface area contributed by atoms with Crippen LogP contribution in [0.1, 0.15) is 24.1 Å². The number of anilines is 1. The Morgan fingerprint density at radius 2 is 2.32 bits per heavy atom. The van der Waals surface area contributed by atoms with Crippen molar-refractivity contribution in [2.45, 2.75) is 32.2 Å². The Morgan fingerprint density at radius 3 is 3.11 bits per heavy atom. The number of thiophene rings is 1. The molecule has 2 aromatic heterocycles. The maximum absolute atomic E-state index is 11.6. The first-order valence-electron chi connectivity index (χ1n) is 6.47. The van der Waals surface area contributed by atoms with E-state index in [1.807, 2.05) is 0 Å². The van der Waals surface area contributed by atoms with Gasteiger partial charge in [-0.2, -0.15) is 0 Å². The molecule has 0 aliphatic heterocycles. The molecule has 6 heteroatoms. The predicted octanol–water partition coefficient (Wildman–Crippen LogP) is 2.08. The fourth-order valence-corrected chi connectivity index (χ4v) is 2.79. The molecule has 0 bridgehead atoms. The monoisotopic (exact) mass is 276 g/mol. The maximum Gasteiger partial charge on any atom is 0.221 e. The summed E-state index contributed by atoms with van der Waals surface area (Å²) in [6, 6.07) is 2.50. The molecule has 1 aliphatic carbocycles. The molecule has 0 atom stereocenters. The van der Waals surface area contributed by atoms with Crippen LogP contribution >= 0.6 is 11.3 Å². The first-order chi connectivity index (χ1) is 9.22. The summed E-state index contributed by atoms with van der Waals surface area (Å²) in [4.78, 5) is 22.3. The highest BCUT2D eigenvalue weighted by Gasteiger charge is 2.22. The molecule has 0 spiro atoms. The molecule has 1 fully saturated rings. The highest BCUT2D eigenvalue weighted by Crippen LogP contribution is 2.27. The summed E-state index contributed by atoms with van der Waals surface area (Å²) in [5, 5.41) is 7.23. The van der Waals surface area contributed by atoms with Gasteiger partial charge in [-0.3, -0.25) is 4.79 Å². The van der Waals surface area contributed by atoms with Gasteiger partial charge in [0.1, 0.15) is 17.0 Å². The van der Waals surface area contributed by atoms with E-state index in [4.69, 9.17) is 0 Å². The molecule has 3 rings (SSSR count). The number of amides is 1. The molecule has 2 heterocycles. The summed E-state index contributed by atoms with van der Waals surface area (Å²) in [7, 11) is 0. The molecule has 1 aliphatic rings. The Balaban J connectivity index is 1.59. The molecule has 100 valence electrons. The zero-order valence-corrected chi connectivity index (χ0v) is 11.6. The number of hydrogen-bond donors (Lipinski definition) is 2. The lowest BCUT2D eigenvalue weighted by Gasteiger charge is -2.06. The van der Waals surface area contributed by atoms with Crippen LogP contribution in [0.4, 0.5) is 5.82 Å². The predicted molar refractivity (Wildman–Crippen MR) is 76.4 cm³/mol. The van der Waals surface area contributed by atoms with E-state index in [9.17, 15) is 4.79 Å². The number of hydrogen-bond acceptors (Lipinski definition) is 5. The van der Waals surface area contributed by atoms with E-state index in [0.29, 0.717) is 19.0 Å². The second-order valence-electron chi connectivity index (χ2n) is 4.82. The van der Waals surface area contributed by atoms with Gasteiger partial charge < -0.3 is 10.6 Å². The van der Waals surface area contributed by atoms with Gasteiger partial charge in [0.15, 0.2) is 0 Å². The van der Waals surface area contributed by atoms with Crippen LogP contribution in [-0.4, -0.2) is 28.5 Å². The Hall–Kier alpha value is -1.69. The van der Waals surface area contributed by atoms with Crippen LogP contribution in [0, 0.1) is 6.92 Å². The highest BCUT2D eigenvalue weighted by molar-refractivity contribution is 7.18. The number of carbonyl (C=O) groups is 1. The van der Waals surface area contributed by atoms with E-state index in [0.717, 1.165) is 28.9 Å². The number of aromatic nitrogens is 2. The molecule has 2 aromatic rings. The third-order valence-corrected chi connectivity index (χ3v) is 4.00. The summed E-state index contributed by atoms with van der Waals surface area (Å²) >= 11 is 1.65. The van der Waals surface area contributed by atoms with Crippen molar-refractivity contribution in [3.8, 4) is 0 Å². The topological polar surface area (TPSA) is 66.9 Å². The largest absolute Gasteiger partial charge is 0.369 e. The Kier molecular flexibility index (Phi) is 3.33. The van der Waals surface area contributed by atoms with Gasteiger partial charge in [-0.25, -0.2) is 9.97 Å². The second kappa shape index (κ2) is 5.13. The van der Waals surface area contributed by atoms with Crippen molar-refractivity contribution in [1.29, 1.82) is 0 Å². The zero-order chi connectivity index (χ0) is 13.2. The molecule has 0 radical (unpaired) electrons. The van der Waals surface area contributed by atoms with Crippen LogP contribution in [0.2, 0.25) is 0 Å². The third-order valence-electron chi connectivity index (χ3n) is 3.04. The number of nitrogens with zero attached hydrogens (tertiary/aromatic N) is 2. The van der Waals surface area contributed by atoms with Crippen molar-refractivity contribution in [2.24, 2.45) is 0 Å². The van der Waals surface area contributed by atoms with E-state index >= 15 is 0 Å². The molecule has 0 saturated heterocycles. The van der Waals surface area contributed by atoms with Crippen molar-refractivity contribution < 1.29 is 4.79 Å². The fraction of sp³-hybridized carbons (Fsp3) is 0.462. The molecule has 1 saturated carbocycles. The van der Waals surface area contributed by atoms with Gasteiger partial charge in [0.05, 0.1) is 5.39 Å². The summed E-state index contributed by atoms with van der Waals surface area (Å²) in [5.74, 6) is 0.926. The molecular formula is C13H16N4OS. The zero-order valence-electron chi connectivity index (χ0n) is 10.8. The molecule has 19 heavy (non-hydrogen) atoms. The minimum atomic E-state index is 0.113. The number of aryl methyl sites for hydroxylation is 1. The highest BCUT2D eigenvalue weighted by atomic mass is 32.1. The molecule has 0 aromatic carbocycles. The maximum atomic E-state index is 11.6. The number of fused-ring (bicyclic) bond motifs is 1. The van der Waals surface area contributed by atoms with E-state index in [2.05, 4.69) is 33.6 Å². The van der Waals surface area contributed by atoms with E-state index in [-0.39, 0.29) is 5.91 Å². The number of carbonyl (C=O) groups excluding carboxylic acids is 1. The fourth-order valence-electron chi connectivity index (χ4n) is 1.94. The number of rotatable bonds is 5. The van der Waals surface area contributed by atoms with Gasteiger partial charge >= 0.3 is 0 Å². The minimum Gasteiger partial charge on any atom is -0.369 e.